The molecule has 3 fully saturated rings. The molecule has 0 aliphatic heterocycles. The van der Waals surface area contributed by atoms with Gasteiger partial charge in [0.05, 0.1) is 6.10 Å². The summed E-state index contributed by atoms with van der Waals surface area (Å²) in [4.78, 5) is 24.8. The molecule has 0 radical (unpaired) electrons. The number of allylic oxidation sites excluding steroid dienone is 1. The first-order valence-electron chi connectivity index (χ1n) is 8.81. The molecular weight excluding hydrogens is 276 g/mol. The number of ketones is 2. The lowest BCUT2D eigenvalue weighted by Crippen LogP contribution is -2.55. The Bertz CT molecular complexity index is 577. The second-order valence-corrected chi connectivity index (χ2v) is 8.58. The van der Waals surface area contributed by atoms with Gasteiger partial charge >= 0.3 is 0 Å². The van der Waals surface area contributed by atoms with E-state index in [1.54, 1.807) is 0 Å². The second-order valence-electron chi connectivity index (χ2n) is 8.58. The highest BCUT2D eigenvalue weighted by molar-refractivity contribution is 5.93. The molecule has 3 heteroatoms. The summed E-state index contributed by atoms with van der Waals surface area (Å²) in [5, 5.41) is 10.4. The largest absolute Gasteiger partial charge is 0.393 e. The maximum Gasteiger partial charge on any atom is 0.155 e. The van der Waals surface area contributed by atoms with Crippen molar-refractivity contribution in [3.05, 3.63) is 11.6 Å². The Morgan fingerprint density at radius 3 is 2.68 bits per heavy atom. The normalized spacial score (nSPS) is 51.0. The van der Waals surface area contributed by atoms with Crippen molar-refractivity contribution in [2.75, 3.05) is 0 Å². The Labute approximate surface area is 132 Å². The molecule has 0 aromatic heterocycles. The predicted octanol–water partition coefficient (Wildman–Crippen LogP) is 3.06. The molecule has 6 unspecified atom stereocenters. The van der Waals surface area contributed by atoms with Crippen LogP contribution < -0.4 is 0 Å². The summed E-state index contributed by atoms with van der Waals surface area (Å²) in [5.74, 6) is 1.52. The summed E-state index contributed by atoms with van der Waals surface area (Å²) in [6.07, 6.45) is 7.33. The van der Waals surface area contributed by atoms with E-state index in [0.717, 1.165) is 32.1 Å². The van der Waals surface area contributed by atoms with Crippen LogP contribution in [0.4, 0.5) is 0 Å². The van der Waals surface area contributed by atoms with Crippen LogP contribution in [-0.4, -0.2) is 22.8 Å². The third kappa shape index (κ3) is 1.72. The first-order valence-corrected chi connectivity index (χ1v) is 8.81. The lowest BCUT2D eigenvalue weighted by molar-refractivity contribution is -0.148. The smallest absolute Gasteiger partial charge is 0.155 e. The van der Waals surface area contributed by atoms with Gasteiger partial charge in [0, 0.05) is 24.2 Å². The van der Waals surface area contributed by atoms with Crippen molar-refractivity contribution >= 4 is 11.6 Å². The molecule has 22 heavy (non-hydrogen) atoms. The Morgan fingerprint density at radius 2 is 1.91 bits per heavy atom. The monoisotopic (exact) mass is 302 g/mol. The van der Waals surface area contributed by atoms with Crippen LogP contribution in [0.2, 0.25) is 0 Å². The van der Waals surface area contributed by atoms with Crippen molar-refractivity contribution in [2.45, 2.75) is 64.9 Å². The zero-order valence-electron chi connectivity index (χ0n) is 13.6. The molecule has 6 atom stereocenters. The maximum atomic E-state index is 13.0. The molecule has 0 saturated heterocycles. The first kappa shape index (κ1) is 14.6. The minimum Gasteiger partial charge on any atom is -0.393 e. The van der Waals surface area contributed by atoms with E-state index in [0.29, 0.717) is 30.5 Å². The van der Waals surface area contributed by atoms with Crippen molar-refractivity contribution in [1.82, 2.24) is 0 Å². The van der Waals surface area contributed by atoms with Crippen molar-refractivity contribution in [3.8, 4) is 0 Å². The van der Waals surface area contributed by atoms with Crippen LogP contribution >= 0.6 is 0 Å². The molecule has 120 valence electrons. The van der Waals surface area contributed by atoms with Crippen LogP contribution in [0.25, 0.3) is 0 Å². The number of carbonyl (C=O) groups is 2. The Morgan fingerprint density at radius 1 is 1.14 bits per heavy atom. The van der Waals surface area contributed by atoms with E-state index < -0.39 is 0 Å². The minimum atomic E-state index is -0.319. The van der Waals surface area contributed by atoms with Gasteiger partial charge in [-0.05, 0) is 55.4 Å². The van der Waals surface area contributed by atoms with Crippen molar-refractivity contribution in [3.63, 3.8) is 0 Å². The quantitative estimate of drug-likeness (QED) is 0.748. The fourth-order valence-electron chi connectivity index (χ4n) is 6.36. The number of carbonyl (C=O) groups excluding carboxylic acids is 2. The van der Waals surface area contributed by atoms with Gasteiger partial charge in [0.25, 0.3) is 0 Å². The molecule has 0 amide bonds. The van der Waals surface area contributed by atoms with Crippen molar-refractivity contribution in [2.24, 2.45) is 28.6 Å². The topological polar surface area (TPSA) is 54.4 Å². The lowest BCUT2D eigenvalue weighted by Gasteiger charge is -2.56. The number of Topliss-reactive ketones (excluding diaryl/α,β-unsaturated/α-hetero) is 1. The van der Waals surface area contributed by atoms with Gasteiger partial charge in [-0.1, -0.05) is 19.4 Å². The van der Waals surface area contributed by atoms with Gasteiger partial charge in [0.1, 0.15) is 5.78 Å². The average Bonchev–Trinajstić information content (AvgIpc) is 2.75. The van der Waals surface area contributed by atoms with E-state index in [1.807, 2.05) is 6.08 Å². The average molecular weight is 302 g/mol. The standard InChI is InChI=1S/C19H26O3/c1-18-8-7-12(20)9-11(18)3-4-13-14-5-6-16(22)19(14,2)10-15(21)17(13)18/h9,13-14,16-17,22H,3-8,10H2,1-2H3. The SMILES string of the molecule is CC12CCC(=O)C=C1CCC1C2C(=O)CC2(C)C(O)CCC12. The maximum absolute atomic E-state index is 13.0. The molecule has 4 aliphatic rings. The van der Waals surface area contributed by atoms with Crippen molar-refractivity contribution < 1.29 is 14.7 Å². The Balaban J connectivity index is 1.76. The molecule has 0 aromatic rings. The summed E-state index contributed by atoms with van der Waals surface area (Å²) in [7, 11) is 0. The van der Waals surface area contributed by atoms with Crippen molar-refractivity contribution in [1.29, 1.82) is 0 Å². The number of rotatable bonds is 0. The number of fused-ring (bicyclic) bond motifs is 5. The fourth-order valence-corrected chi connectivity index (χ4v) is 6.36. The molecule has 0 bridgehead atoms. The molecule has 1 N–H and O–H groups in total. The van der Waals surface area contributed by atoms with E-state index in [-0.39, 0.29) is 28.6 Å². The molecule has 0 heterocycles. The number of hydrogen-bond acceptors (Lipinski definition) is 3. The van der Waals surface area contributed by atoms with E-state index >= 15 is 0 Å². The van der Waals surface area contributed by atoms with Gasteiger partial charge < -0.3 is 5.11 Å². The Hall–Kier alpha value is -0.960. The van der Waals surface area contributed by atoms with E-state index in [1.165, 1.54) is 5.57 Å². The van der Waals surface area contributed by atoms with Gasteiger partial charge in [0.2, 0.25) is 0 Å². The predicted molar refractivity (Wildman–Crippen MR) is 83.1 cm³/mol. The zero-order chi connectivity index (χ0) is 15.7. The van der Waals surface area contributed by atoms with Gasteiger partial charge in [-0.2, -0.15) is 0 Å². The van der Waals surface area contributed by atoms with Gasteiger partial charge in [0.15, 0.2) is 5.78 Å². The van der Waals surface area contributed by atoms with E-state index in [2.05, 4.69) is 13.8 Å². The number of hydrogen-bond donors (Lipinski definition) is 1. The van der Waals surface area contributed by atoms with Crippen LogP contribution in [0.5, 0.6) is 0 Å². The lowest BCUT2D eigenvalue weighted by atomic mass is 9.47. The zero-order valence-corrected chi connectivity index (χ0v) is 13.6. The second kappa shape index (κ2) is 4.53. The molecule has 3 nitrogen and oxygen atoms in total. The summed E-state index contributed by atoms with van der Waals surface area (Å²) in [6, 6.07) is 0. The van der Waals surface area contributed by atoms with Gasteiger partial charge in [-0.15, -0.1) is 0 Å². The third-order valence-corrected chi connectivity index (χ3v) is 7.60. The highest BCUT2D eigenvalue weighted by Crippen LogP contribution is 2.64. The van der Waals surface area contributed by atoms with Gasteiger partial charge in [-0.3, -0.25) is 9.59 Å². The number of aliphatic hydroxyl groups is 1. The van der Waals surface area contributed by atoms with Crippen LogP contribution in [-0.2, 0) is 9.59 Å². The first-order chi connectivity index (χ1) is 10.4. The molecule has 4 rings (SSSR count). The minimum absolute atomic E-state index is 0.0731. The summed E-state index contributed by atoms with van der Waals surface area (Å²) in [5.41, 5.74) is 0.906. The van der Waals surface area contributed by atoms with Gasteiger partial charge in [-0.25, -0.2) is 0 Å². The van der Waals surface area contributed by atoms with Crippen LogP contribution in [0, 0.1) is 28.6 Å². The fraction of sp³-hybridized carbons (Fsp3) is 0.789. The van der Waals surface area contributed by atoms with E-state index in [9.17, 15) is 14.7 Å². The van der Waals surface area contributed by atoms with E-state index in [4.69, 9.17) is 0 Å². The highest BCUT2D eigenvalue weighted by atomic mass is 16.3. The number of aliphatic hydroxyl groups excluding tert-OH is 1. The summed E-state index contributed by atoms with van der Waals surface area (Å²) >= 11 is 0. The molecule has 3 saturated carbocycles. The Kier molecular flexibility index (Phi) is 3.01. The molecular formula is C19H26O3. The summed E-state index contributed by atoms with van der Waals surface area (Å²) in [6.45, 7) is 4.34. The third-order valence-electron chi connectivity index (χ3n) is 7.60. The molecule has 4 aliphatic carbocycles. The highest BCUT2D eigenvalue weighted by Gasteiger charge is 2.61. The molecule has 0 aromatic carbocycles. The summed E-state index contributed by atoms with van der Waals surface area (Å²) < 4.78 is 0. The van der Waals surface area contributed by atoms with Crippen LogP contribution in [0.15, 0.2) is 11.6 Å². The molecule has 0 spiro atoms. The van der Waals surface area contributed by atoms with Crippen LogP contribution in [0.3, 0.4) is 0 Å². The van der Waals surface area contributed by atoms with Crippen LogP contribution in [0.1, 0.15) is 58.8 Å².